The second-order valence-corrected chi connectivity index (χ2v) is 4.76. The van der Waals surface area contributed by atoms with Crippen LogP contribution in [0.4, 0.5) is 10.1 Å². The number of nitrogens with zero attached hydrogens (tertiary/aromatic N) is 1. The first kappa shape index (κ1) is 10.3. The molecule has 1 aromatic rings. The third kappa shape index (κ3) is 1.78. The van der Waals surface area contributed by atoms with Crippen LogP contribution in [0.1, 0.15) is 20.8 Å². The summed E-state index contributed by atoms with van der Waals surface area (Å²) in [6.45, 7) is 7.71. The molecule has 0 aromatic heterocycles. The molecule has 1 aliphatic rings. The van der Waals surface area contributed by atoms with Crippen molar-refractivity contribution >= 4 is 5.69 Å². The van der Waals surface area contributed by atoms with Crippen LogP contribution in [0.5, 0.6) is 5.75 Å². The Labute approximate surface area is 89.7 Å². The molecule has 0 aliphatic carbocycles. The van der Waals surface area contributed by atoms with E-state index >= 15 is 0 Å². The molecular weight excluding hydrogens is 193 g/mol. The fourth-order valence-corrected chi connectivity index (χ4v) is 1.91. The number of fused-ring (bicyclic) bond motifs is 1. The lowest BCUT2D eigenvalue weighted by Gasteiger charge is -2.41. The summed E-state index contributed by atoms with van der Waals surface area (Å²) in [7, 11) is 0. The van der Waals surface area contributed by atoms with E-state index in [0.717, 1.165) is 12.2 Å². The smallest absolute Gasteiger partial charge is 0.178 e. The molecule has 0 saturated carbocycles. The quantitative estimate of drug-likeness (QED) is 0.651. The van der Waals surface area contributed by atoms with Gasteiger partial charge in [-0.05, 0) is 32.9 Å². The first-order valence-electron chi connectivity index (χ1n) is 5.19. The van der Waals surface area contributed by atoms with Crippen LogP contribution in [-0.4, -0.2) is 18.7 Å². The van der Waals surface area contributed by atoms with Crippen molar-refractivity contribution < 1.29 is 9.13 Å². The maximum absolute atomic E-state index is 13.5. The number of hydrogen-bond acceptors (Lipinski definition) is 2. The van der Waals surface area contributed by atoms with E-state index in [4.69, 9.17) is 4.74 Å². The van der Waals surface area contributed by atoms with Gasteiger partial charge in [0.2, 0.25) is 0 Å². The van der Waals surface area contributed by atoms with Crippen LogP contribution in [-0.2, 0) is 0 Å². The van der Waals surface area contributed by atoms with E-state index in [0.29, 0.717) is 12.4 Å². The van der Waals surface area contributed by atoms with Crippen LogP contribution < -0.4 is 9.64 Å². The molecular formula is C12H16FNO. The number of para-hydroxylation sites is 1. The van der Waals surface area contributed by atoms with Crippen molar-refractivity contribution in [3.63, 3.8) is 0 Å². The lowest BCUT2D eigenvalue weighted by atomic mass is 10.0. The third-order valence-corrected chi connectivity index (χ3v) is 2.61. The molecule has 3 heteroatoms. The van der Waals surface area contributed by atoms with E-state index in [1.807, 2.05) is 6.07 Å². The molecule has 2 nitrogen and oxygen atoms in total. The van der Waals surface area contributed by atoms with Crippen LogP contribution in [0, 0.1) is 5.82 Å². The number of benzene rings is 1. The van der Waals surface area contributed by atoms with Crippen molar-refractivity contribution in [3.05, 3.63) is 24.0 Å². The second-order valence-electron chi connectivity index (χ2n) is 4.76. The Hall–Kier alpha value is -1.25. The lowest BCUT2D eigenvalue weighted by Crippen LogP contribution is -2.46. The molecule has 0 unspecified atom stereocenters. The highest BCUT2D eigenvalue weighted by molar-refractivity contribution is 5.61. The highest BCUT2D eigenvalue weighted by atomic mass is 19.1. The van der Waals surface area contributed by atoms with Gasteiger partial charge in [0.05, 0.1) is 12.2 Å². The van der Waals surface area contributed by atoms with Crippen molar-refractivity contribution in [1.29, 1.82) is 0 Å². The third-order valence-electron chi connectivity index (χ3n) is 2.61. The zero-order valence-corrected chi connectivity index (χ0v) is 9.38. The summed E-state index contributed by atoms with van der Waals surface area (Å²) in [4.78, 5) is 2.18. The van der Waals surface area contributed by atoms with Gasteiger partial charge in [-0.3, -0.25) is 0 Å². The van der Waals surface area contributed by atoms with Gasteiger partial charge < -0.3 is 9.64 Å². The van der Waals surface area contributed by atoms with Crippen LogP contribution in [0.2, 0.25) is 0 Å². The Bertz CT molecular complexity index is 370. The molecule has 2 rings (SSSR count). The van der Waals surface area contributed by atoms with E-state index in [9.17, 15) is 4.39 Å². The summed E-state index contributed by atoms with van der Waals surface area (Å²) < 4.78 is 18.8. The maximum atomic E-state index is 13.5. The van der Waals surface area contributed by atoms with Crippen LogP contribution in [0.3, 0.4) is 0 Å². The van der Waals surface area contributed by atoms with Crippen LogP contribution >= 0.6 is 0 Å². The van der Waals surface area contributed by atoms with Gasteiger partial charge in [-0.15, -0.1) is 0 Å². The van der Waals surface area contributed by atoms with Gasteiger partial charge in [0.15, 0.2) is 11.6 Å². The first-order valence-corrected chi connectivity index (χ1v) is 5.19. The predicted octanol–water partition coefficient (Wildman–Crippen LogP) is 2.82. The molecule has 15 heavy (non-hydrogen) atoms. The van der Waals surface area contributed by atoms with E-state index in [-0.39, 0.29) is 11.4 Å². The Kier molecular flexibility index (Phi) is 2.33. The number of hydrogen-bond donors (Lipinski definition) is 0. The average Bonchev–Trinajstić information content (AvgIpc) is 2.16. The Morgan fingerprint density at radius 3 is 2.73 bits per heavy atom. The molecule has 0 N–H and O–H groups in total. The molecule has 0 bridgehead atoms. The summed E-state index contributed by atoms with van der Waals surface area (Å²) in [6.07, 6.45) is 0. The number of rotatable bonds is 0. The molecule has 0 saturated heterocycles. The maximum Gasteiger partial charge on any atom is 0.178 e. The van der Waals surface area contributed by atoms with Crippen molar-refractivity contribution in [2.24, 2.45) is 0 Å². The molecule has 1 aromatic carbocycles. The molecule has 1 heterocycles. The lowest BCUT2D eigenvalue weighted by molar-refractivity contribution is 0.276. The minimum atomic E-state index is -0.276. The molecule has 0 atom stereocenters. The fraction of sp³-hybridized carbons (Fsp3) is 0.500. The largest absolute Gasteiger partial charge is 0.486 e. The minimum absolute atomic E-state index is 0.00762. The fourth-order valence-electron chi connectivity index (χ4n) is 1.91. The summed E-state index contributed by atoms with van der Waals surface area (Å²) in [5, 5.41) is 0. The van der Waals surface area contributed by atoms with Crippen molar-refractivity contribution in [2.75, 3.05) is 18.1 Å². The van der Waals surface area contributed by atoms with E-state index < -0.39 is 0 Å². The Morgan fingerprint density at radius 1 is 1.33 bits per heavy atom. The van der Waals surface area contributed by atoms with Crippen molar-refractivity contribution in [2.45, 2.75) is 26.3 Å². The summed E-state index contributed by atoms with van der Waals surface area (Å²) >= 11 is 0. The Morgan fingerprint density at radius 2 is 2.07 bits per heavy atom. The summed E-state index contributed by atoms with van der Waals surface area (Å²) in [6, 6.07) is 5.06. The standard InChI is InChI=1S/C12H16FNO/c1-12(2,3)14-7-8-15-11-9(13)5-4-6-10(11)14/h4-6H,7-8H2,1-3H3. The van der Waals surface area contributed by atoms with Crippen LogP contribution in [0.15, 0.2) is 18.2 Å². The molecule has 1 aliphatic heterocycles. The molecule has 0 radical (unpaired) electrons. The molecule has 82 valence electrons. The van der Waals surface area contributed by atoms with E-state index in [1.165, 1.54) is 6.07 Å². The summed E-state index contributed by atoms with van der Waals surface area (Å²) in [5.41, 5.74) is 0.848. The molecule has 0 amide bonds. The number of halogens is 1. The predicted molar refractivity (Wildman–Crippen MR) is 59.0 cm³/mol. The SMILES string of the molecule is CC(C)(C)N1CCOc2c(F)cccc21. The van der Waals surface area contributed by atoms with Crippen molar-refractivity contribution in [1.82, 2.24) is 0 Å². The van der Waals surface area contributed by atoms with Gasteiger partial charge in [-0.25, -0.2) is 4.39 Å². The van der Waals surface area contributed by atoms with Gasteiger partial charge in [0.1, 0.15) is 6.61 Å². The topological polar surface area (TPSA) is 12.5 Å². The second kappa shape index (κ2) is 3.40. The van der Waals surface area contributed by atoms with E-state index in [2.05, 4.69) is 25.7 Å². The summed E-state index contributed by atoms with van der Waals surface area (Å²) in [5.74, 6) is 0.111. The minimum Gasteiger partial charge on any atom is -0.486 e. The monoisotopic (exact) mass is 209 g/mol. The molecule has 0 spiro atoms. The number of ether oxygens (including phenoxy) is 1. The zero-order chi connectivity index (χ0) is 11.1. The van der Waals surface area contributed by atoms with Crippen LogP contribution in [0.25, 0.3) is 0 Å². The average molecular weight is 209 g/mol. The van der Waals surface area contributed by atoms with Gasteiger partial charge in [0.25, 0.3) is 0 Å². The molecule has 0 fully saturated rings. The zero-order valence-electron chi connectivity index (χ0n) is 9.38. The van der Waals surface area contributed by atoms with Crippen molar-refractivity contribution in [3.8, 4) is 5.75 Å². The highest BCUT2D eigenvalue weighted by Gasteiger charge is 2.28. The Balaban J connectivity index is 2.48. The van der Waals surface area contributed by atoms with Gasteiger partial charge in [0, 0.05) is 5.54 Å². The highest BCUT2D eigenvalue weighted by Crippen LogP contribution is 2.37. The van der Waals surface area contributed by atoms with E-state index in [1.54, 1.807) is 6.07 Å². The van der Waals surface area contributed by atoms with Gasteiger partial charge >= 0.3 is 0 Å². The number of anilines is 1. The normalized spacial score (nSPS) is 15.9. The van der Waals surface area contributed by atoms with Gasteiger partial charge in [-0.2, -0.15) is 0 Å². The first-order chi connectivity index (χ1) is 7.00. The van der Waals surface area contributed by atoms with Gasteiger partial charge in [-0.1, -0.05) is 6.07 Å².